The predicted molar refractivity (Wildman–Crippen MR) is 80.2 cm³/mol. The molecule has 5 heteroatoms. The van der Waals surface area contributed by atoms with E-state index in [4.69, 9.17) is 5.73 Å². The van der Waals surface area contributed by atoms with Crippen LogP contribution < -0.4 is 11.1 Å². The lowest BCUT2D eigenvalue weighted by molar-refractivity contribution is 0.0935. The molecule has 0 spiro atoms. The predicted octanol–water partition coefficient (Wildman–Crippen LogP) is 3.74. The Morgan fingerprint density at radius 1 is 1.40 bits per heavy atom. The minimum atomic E-state index is -0.569. The van der Waals surface area contributed by atoms with Gasteiger partial charge in [-0.1, -0.05) is 25.5 Å². The fourth-order valence-corrected chi connectivity index (χ4v) is 2.85. The molecule has 0 aliphatic carbocycles. The fourth-order valence-electron chi connectivity index (χ4n) is 2.03. The standard InChI is InChI=1S/C15H17FN2OS/c1-2-5-12(13-8-4-9-20-13)18-15(19)10-6-3-7-11(16)14(10)17/h3-4,6-9,12H,2,5,17H2,1H3,(H,18,19). The van der Waals surface area contributed by atoms with E-state index in [0.29, 0.717) is 0 Å². The van der Waals surface area contributed by atoms with Crippen molar-refractivity contribution < 1.29 is 9.18 Å². The number of nitrogen functional groups attached to an aromatic ring is 1. The van der Waals surface area contributed by atoms with Gasteiger partial charge in [0, 0.05) is 4.88 Å². The van der Waals surface area contributed by atoms with Gasteiger partial charge in [0.2, 0.25) is 0 Å². The summed E-state index contributed by atoms with van der Waals surface area (Å²) in [5, 5.41) is 4.90. The average molecular weight is 292 g/mol. The highest BCUT2D eigenvalue weighted by Gasteiger charge is 2.18. The zero-order valence-electron chi connectivity index (χ0n) is 11.2. The Kier molecular flexibility index (Phi) is 4.74. The first-order valence-electron chi connectivity index (χ1n) is 6.51. The van der Waals surface area contributed by atoms with Crippen molar-refractivity contribution in [3.8, 4) is 0 Å². The molecule has 20 heavy (non-hydrogen) atoms. The quantitative estimate of drug-likeness (QED) is 0.825. The van der Waals surface area contributed by atoms with Crippen LogP contribution in [-0.2, 0) is 0 Å². The van der Waals surface area contributed by atoms with Gasteiger partial charge in [-0.25, -0.2) is 4.39 Å². The molecule has 0 saturated heterocycles. The number of nitrogens with one attached hydrogen (secondary N) is 1. The lowest BCUT2D eigenvalue weighted by Crippen LogP contribution is -2.28. The van der Waals surface area contributed by atoms with Gasteiger partial charge < -0.3 is 11.1 Å². The molecular weight excluding hydrogens is 275 g/mol. The summed E-state index contributed by atoms with van der Waals surface area (Å²) in [4.78, 5) is 13.3. The maximum Gasteiger partial charge on any atom is 0.253 e. The van der Waals surface area contributed by atoms with Crippen molar-refractivity contribution in [2.75, 3.05) is 5.73 Å². The van der Waals surface area contributed by atoms with Crippen molar-refractivity contribution in [3.63, 3.8) is 0 Å². The number of hydrogen-bond donors (Lipinski definition) is 2. The van der Waals surface area contributed by atoms with Crippen LogP contribution in [0.5, 0.6) is 0 Å². The van der Waals surface area contributed by atoms with Gasteiger partial charge in [-0.15, -0.1) is 11.3 Å². The number of halogens is 1. The van der Waals surface area contributed by atoms with Crippen molar-refractivity contribution in [1.82, 2.24) is 5.32 Å². The molecule has 0 fully saturated rings. The first-order valence-corrected chi connectivity index (χ1v) is 7.39. The fraction of sp³-hybridized carbons (Fsp3) is 0.267. The summed E-state index contributed by atoms with van der Waals surface area (Å²) in [7, 11) is 0. The second-order valence-electron chi connectivity index (χ2n) is 4.53. The highest BCUT2D eigenvalue weighted by Crippen LogP contribution is 2.24. The van der Waals surface area contributed by atoms with Crippen LogP contribution in [0.2, 0.25) is 0 Å². The van der Waals surface area contributed by atoms with Crippen LogP contribution in [0.25, 0.3) is 0 Å². The molecule has 0 bridgehead atoms. The number of hydrogen-bond acceptors (Lipinski definition) is 3. The number of amides is 1. The van der Waals surface area contributed by atoms with Gasteiger partial charge >= 0.3 is 0 Å². The zero-order chi connectivity index (χ0) is 14.5. The molecule has 1 unspecified atom stereocenters. The molecule has 0 aliphatic heterocycles. The van der Waals surface area contributed by atoms with Gasteiger partial charge in [0.15, 0.2) is 0 Å². The van der Waals surface area contributed by atoms with Crippen LogP contribution in [0.3, 0.4) is 0 Å². The number of carbonyl (C=O) groups is 1. The lowest BCUT2D eigenvalue weighted by Gasteiger charge is -2.17. The van der Waals surface area contributed by atoms with E-state index >= 15 is 0 Å². The Hall–Kier alpha value is -1.88. The topological polar surface area (TPSA) is 55.1 Å². The summed E-state index contributed by atoms with van der Waals surface area (Å²) in [6.07, 6.45) is 1.78. The third kappa shape index (κ3) is 3.17. The molecule has 0 aliphatic rings. The van der Waals surface area contributed by atoms with E-state index in [1.807, 2.05) is 17.5 Å². The second-order valence-corrected chi connectivity index (χ2v) is 5.51. The zero-order valence-corrected chi connectivity index (χ0v) is 12.0. The summed E-state index contributed by atoms with van der Waals surface area (Å²) in [6, 6.07) is 8.14. The largest absolute Gasteiger partial charge is 0.396 e. The summed E-state index contributed by atoms with van der Waals surface area (Å²) in [6.45, 7) is 2.06. The first-order chi connectivity index (χ1) is 9.63. The molecule has 0 radical (unpaired) electrons. The Morgan fingerprint density at radius 3 is 2.85 bits per heavy atom. The number of nitrogens with two attached hydrogens (primary N) is 1. The van der Waals surface area contributed by atoms with E-state index in [1.165, 1.54) is 18.2 Å². The SMILES string of the molecule is CCCC(NC(=O)c1cccc(F)c1N)c1cccs1. The van der Waals surface area contributed by atoms with Crippen LogP contribution >= 0.6 is 11.3 Å². The van der Waals surface area contributed by atoms with E-state index in [2.05, 4.69) is 12.2 Å². The van der Waals surface area contributed by atoms with Gasteiger partial charge in [0.1, 0.15) is 5.82 Å². The normalized spacial score (nSPS) is 12.1. The third-order valence-corrected chi connectivity index (χ3v) is 4.05. The number of para-hydroxylation sites is 1. The number of carbonyl (C=O) groups excluding carboxylic acids is 1. The average Bonchev–Trinajstić information content (AvgIpc) is 2.95. The minimum Gasteiger partial charge on any atom is -0.396 e. The molecule has 1 atom stereocenters. The Bertz CT molecular complexity index is 584. The molecule has 2 rings (SSSR count). The van der Waals surface area contributed by atoms with Crippen molar-refractivity contribution in [1.29, 1.82) is 0 Å². The molecular formula is C15H17FN2OS. The number of anilines is 1. The van der Waals surface area contributed by atoms with E-state index in [1.54, 1.807) is 11.3 Å². The number of benzene rings is 1. The molecule has 2 aromatic rings. The van der Waals surface area contributed by atoms with Gasteiger partial charge in [-0.3, -0.25) is 4.79 Å². The first kappa shape index (κ1) is 14.5. The monoisotopic (exact) mass is 292 g/mol. The van der Waals surface area contributed by atoms with Crippen molar-refractivity contribution in [2.45, 2.75) is 25.8 Å². The molecule has 1 aromatic carbocycles. The molecule has 1 heterocycles. The van der Waals surface area contributed by atoms with E-state index in [-0.39, 0.29) is 23.2 Å². The molecule has 106 valence electrons. The Labute approximate surface area is 121 Å². The summed E-state index contributed by atoms with van der Waals surface area (Å²) in [5.74, 6) is -0.908. The highest BCUT2D eigenvalue weighted by molar-refractivity contribution is 7.10. The summed E-state index contributed by atoms with van der Waals surface area (Å²) >= 11 is 1.60. The van der Waals surface area contributed by atoms with Gasteiger partial charge in [0.25, 0.3) is 5.91 Å². The second kappa shape index (κ2) is 6.52. The maximum atomic E-state index is 13.4. The maximum absolute atomic E-state index is 13.4. The highest BCUT2D eigenvalue weighted by atomic mass is 32.1. The molecule has 1 aromatic heterocycles. The van der Waals surface area contributed by atoms with Gasteiger partial charge in [0.05, 0.1) is 17.3 Å². The van der Waals surface area contributed by atoms with Crippen LogP contribution in [0.1, 0.15) is 41.0 Å². The summed E-state index contributed by atoms with van der Waals surface area (Å²) < 4.78 is 13.4. The van der Waals surface area contributed by atoms with Gasteiger partial charge in [-0.05, 0) is 30.0 Å². The van der Waals surface area contributed by atoms with Crippen molar-refractivity contribution in [2.24, 2.45) is 0 Å². The van der Waals surface area contributed by atoms with Crippen LogP contribution in [-0.4, -0.2) is 5.91 Å². The van der Waals surface area contributed by atoms with E-state index in [9.17, 15) is 9.18 Å². The number of rotatable bonds is 5. The molecule has 3 nitrogen and oxygen atoms in total. The molecule has 0 saturated carbocycles. The smallest absolute Gasteiger partial charge is 0.253 e. The van der Waals surface area contributed by atoms with Crippen molar-refractivity contribution in [3.05, 3.63) is 52.0 Å². The van der Waals surface area contributed by atoms with E-state index in [0.717, 1.165) is 17.7 Å². The van der Waals surface area contributed by atoms with Gasteiger partial charge in [-0.2, -0.15) is 0 Å². The number of thiophene rings is 1. The Morgan fingerprint density at radius 2 is 2.20 bits per heavy atom. The minimum absolute atomic E-state index is 0.0600. The van der Waals surface area contributed by atoms with Crippen LogP contribution in [0.15, 0.2) is 35.7 Å². The lowest BCUT2D eigenvalue weighted by atomic mass is 10.1. The molecule has 1 amide bonds. The Balaban J connectivity index is 2.18. The third-order valence-electron chi connectivity index (χ3n) is 3.07. The van der Waals surface area contributed by atoms with Crippen molar-refractivity contribution >= 4 is 22.9 Å². The summed E-state index contributed by atoms with van der Waals surface area (Å²) in [5.41, 5.74) is 5.70. The van der Waals surface area contributed by atoms with Crippen LogP contribution in [0.4, 0.5) is 10.1 Å². The van der Waals surface area contributed by atoms with E-state index < -0.39 is 5.82 Å². The molecule has 3 N–H and O–H groups in total. The van der Waals surface area contributed by atoms with Crippen LogP contribution in [0, 0.1) is 5.82 Å².